The molecule has 122 valence electrons. The number of carbonyl (C=O) groups is 1. The molecule has 3 unspecified atom stereocenters. The average molecular weight is 320 g/mol. The van der Waals surface area contributed by atoms with E-state index in [4.69, 9.17) is 0 Å². The van der Waals surface area contributed by atoms with E-state index in [0.717, 1.165) is 0 Å². The van der Waals surface area contributed by atoms with Crippen molar-refractivity contribution >= 4 is 5.78 Å². The number of rotatable bonds is 4. The van der Waals surface area contributed by atoms with E-state index >= 15 is 0 Å². The van der Waals surface area contributed by atoms with E-state index in [1.54, 1.807) is 67.6 Å². The predicted octanol–water partition coefficient (Wildman–Crippen LogP) is 3.10. The van der Waals surface area contributed by atoms with Crippen LogP contribution in [0.25, 0.3) is 0 Å². The zero-order chi connectivity index (χ0) is 17.2. The molecule has 0 amide bonds. The molecule has 0 radical (unpaired) electrons. The third-order valence-corrected chi connectivity index (χ3v) is 4.66. The van der Waals surface area contributed by atoms with E-state index in [1.807, 2.05) is 24.3 Å². The van der Waals surface area contributed by atoms with Gasteiger partial charge in [-0.05, 0) is 18.1 Å². The van der Waals surface area contributed by atoms with Crippen LogP contribution in [0.15, 0.2) is 85.0 Å². The van der Waals surface area contributed by atoms with Crippen molar-refractivity contribution in [2.45, 2.75) is 24.0 Å². The Morgan fingerprint density at radius 1 is 0.917 bits per heavy atom. The molecule has 0 aromatic heterocycles. The topological polar surface area (TPSA) is 57.5 Å². The Hall–Kier alpha value is -2.49. The van der Waals surface area contributed by atoms with Crippen molar-refractivity contribution in [1.29, 1.82) is 0 Å². The summed E-state index contributed by atoms with van der Waals surface area (Å²) < 4.78 is 0. The van der Waals surface area contributed by atoms with Gasteiger partial charge in [0.05, 0.1) is 0 Å². The molecule has 3 atom stereocenters. The molecule has 0 saturated heterocycles. The maximum Gasteiger partial charge on any atom is 0.183 e. The summed E-state index contributed by atoms with van der Waals surface area (Å²) in [5, 5.41) is 21.7. The molecule has 0 saturated carbocycles. The second kappa shape index (κ2) is 6.19. The molecule has 24 heavy (non-hydrogen) atoms. The standard InChI is InChI=1S/C21H20O3/c1-20(24)14-8-9-15-21(20,17-12-6-3-7-13-17)19(23)18(22)16-10-4-2-5-11-16/h2-15,18,22,24H,1H3. The number of Topliss-reactive ketones (excluding diaryl/α,β-unsaturated/α-hetero) is 1. The highest BCUT2D eigenvalue weighted by Crippen LogP contribution is 2.43. The molecule has 1 aliphatic carbocycles. The first kappa shape index (κ1) is 16.4. The normalized spacial score (nSPS) is 27.0. The van der Waals surface area contributed by atoms with Crippen LogP contribution in [-0.2, 0) is 10.2 Å². The van der Waals surface area contributed by atoms with E-state index in [9.17, 15) is 15.0 Å². The van der Waals surface area contributed by atoms with Crippen LogP contribution in [0.5, 0.6) is 0 Å². The number of carbonyl (C=O) groups excluding carboxylic acids is 1. The minimum Gasteiger partial charge on any atom is -0.384 e. The number of allylic oxidation sites excluding steroid dienone is 2. The van der Waals surface area contributed by atoms with Crippen molar-refractivity contribution in [2.24, 2.45) is 0 Å². The second-order valence-corrected chi connectivity index (χ2v) is 6.22. The summed E-state index contributed by atoms with van der Waals surface area (Å²) in [6.07, 6.45) is 5.39. The van der Waals surface area contributed by atoms with E-state index < -0.39 is 22.9 Å². The van der Waals surface area contributed by atoms with Crippen LogP contribution in [0.2, 0.25) is 0 Å². The Labute approximate surface area is 141 Å². The van der Waals surface area contributed by atoms with Crippen LogP contribution < -0.4 is 0 Å². The molecule has 3 nitrogen and oxygen atoms in total. The predicted molar refractivity (Wildman–Crippen MR) is 93.4 cm³/mol. The molecule has 3 heteroatoms. The SMILES string of the molecule is CC1(O)C=CC=CC1(C(=O)C(O)c1ccccc1)c1ccccc1. The van der Waals surface area contributed by atoms with Gasteiger partial charge in [-0.2, -0.15) is 0 Å². The molecule has 0 fully saturated rings. The number of ketones is 1. The van der Waals surface area contributed by atoms with Gasteiger partial charge >= 0.3 is 0 Å². The summed E-state index contributed by atoms with van der Waals surface area (Å²) in [4.78, 5) is 13.3. The van der Waals surface area contributed by atoms with E-state index in [0.29, 0.717) is 11.1 Å². The molecule has 1 aliphatic rings. The van der Waals surface area contributed by atoms with Crippen LogP contribution in [0.1, 0.15) is 24.2 Å². The van der Waals surface area contributed by atoms with Gasteiger partial charge < -0.3 is 10.2 Å². The van der Waals surface area contributed by atoms with E-state index in [2.05, 4.69) is 0 Å². The van der Waals surface area contributed by atoms with Crippen molar-refractivity contribution < 1.29 is 15.0 Å². The van der Waals surface area contributed by atoms with Gasteiger partial charge in [-0.25, -0.2) is 0 Å². The number of aliphatic hydroxyl groups excluding tert-OH is 1. The fourth-order valence-electron chi connectivity index (χ4n) is 3.31. The fourth-order valence-corrected chi connectivity index (χ4v) is 3.31. The number of aliphatic hydroxyl groups is 2. The quantitative estimate of drug-likeness (QED) is 0.910. The highest BCUT2D eigenvalue weighted by molar-refractivity contribution is 5.98. The fraction of sp³-hybridized carbons (Fsp3) is 0.190. The highest BCUT2D eigenvalue weighted by atomic mass is 16.3. The largest absolute Gasteiger partial charge is 0.384 e. The van der Waals surface area contributed by atoms with Gasteiger partial charge in [-0.3, -0.25) is 4.79 Å². The summed E-state index contributed by atoms with van der Waals surface area (Å²) in [5.74, 6) is -0.453. The lowest BCUT2D eigenvalue weighted by molar-refractivity contribution is -0.138. The van der Waals surface area contributed by atoms with Crippen LogP contribution in [0, 0.1) is 0 Å². The summed E-state index contributed by atoms with van der Waals surface area (Å²) in [7, 11) is 0. The van der Waals surface area contributed by atoms with Crippen molar-refractivity contribution in [3.63, 3.8) is 0 Å². The van der Waals surface area contributed by atoms with Gasteiger partial charge in [0.25, 0.3) is 0 Å². The molecular weight excluding hydrogens is 300 g/mol. The molecule has 0 bridgehead atoms. The van der Waals surface area contributed by atoms with Crippen LogP contribution in [0.3, 0.4) is 0 Å². The maximum absolute atomic E-state index is 13.3. The molecule has 2 aromatic carbocycles. The van der Waals surface area contributed by atoms with Crippen LogP contribution in [-0.4, -0.2) is 21.6 Å². The minimum absolute atomic E-state index is 0.453. The maximum atomic E-state index is 13.3. The third kappa shape index (κ3) is 2.52. The Bertz CT molecular complexity index is 775. The van der Waals surface area contributed by atoms with E-state index in [-0.39, 0.29) is 0 Å². The van der Waals surface area contributed by atoms with Crippen molar-refractivity contribution in [1.82, 2.24) is 0 Å². The van der Waals surface area contributed by atoms with Crippen LogP contribution in [0.4, 0.5) is 0 Å². The minimum atomic E-state index is -1.45. The number of hydrogen-bond donors (Lipinski definition) is 2. The molecule has 2 N–H and O–H groups in total. The van der Waals surface area contributed by atoms with Gasteiger partial charge in [0, 0.05) is 0 Å². The van der Waals surface area contributed by atoms with Gasteiger partial charge in [-0.1, -0.05) is 85.0 Å². The first-order valence-corrected chi connectivity index (χ1v) is 7.91. The first-order valence-electron chi connectivity index (χ1n) is 7.91. The summed E-state index contributed by atoms with van der Waals surface area (Å²) in [5.41, 5.74) is -1.64. The Balaban J connectivity index is 2.15. The van der Waals surface area contributed by atoms with Crippen molar-refractivity contribution in [3.05, 3.63) is 96.1 Å². The zero-order valence-electron chi connectivity index (χ0n) is 13.5. The lowest BCUT2D eigenvalue weighted by Gasteiger charge is -2.43. The van der Waals surface area contributed by atoms with Crippen molar-refractivity contribution in [3.8, 4) is 0 Å². The smallest absolute Gasteiger partial charge is 0.183 e. The zero-order valence-corrected chi connectivity index (χ0v) is 13.5. The highest BCUT2D eigenvalue weighted by Gasteiger charge is 2.53. The molecular formula is C21H20O3. The Kier molecular flexibility index (Phi) is 4.22. The van der Waals surface area contributed by atoms with Gasteiger partial charge in [-0.15, -0.1) is 0 Å². The second-order valence-electron chi connectivity index (χ2n) is 6.22. The lowest BCUT2D eigenvalue weighted by Crippen LogP contribution is -2.55. The summed E-state index contributed by atoms with van der Waals surface area (Å²) in [6, 6.07) is 17.9. The molecule has 0 heterocycles. The molecule has 0 aliphatic heterocycles. The monoisotopic (exact) mass is 320 g/mol. The number of hydrogen-bond acceptors (Lipinski definition) is 3. The molecule has 2 aromatic rings. The first-order chi connectivity index (χ1) is 11.5. The van der Waals surface area contributed by atoms with E-state index in [1.165, 1.54) is 0 Å². The summed E-state index contributed by atoms with van der Waals surface area (Å²) >= 11 is 0. The number of benzene rings is 2. The van der Waals surface area contributed by atoms with Crippen LogP contribution >= 0.6 is 0 Å². The van der Waals surface area contributed by atoms with Gasteiger partial charge in [0.2, 0.25) is 0 Å². The van der Waals surface area contributed by atoms with Gasteiger partial charge in [0.1, 0.15) is 17.1 Å². The third-order valence-electron chi connectivity index (χ3n) is 4.66. The molecule has 3 rings (SSSR count). The van der Waals surface area contributed by atoms with Gasteiger partial charge in [0.15, 0.2) is 5.78 Å². The Morgan fingerprint density at radius 2 is 1.46 bits per heavy atom. The summed E-state index contributed by atoms with van der Waals surface area (Å²) in [6.45, 7) is 1.59. The lowest BCUT2D eigenvalue weighted by atomic mass is 9.62. The average Bonchev–Trinajstić information content (AvgIpc) is 2.62. The Morgan fingerprint density at radius 3 is 2.04 bits per heavy atom. The van der Waals surface area contributed by atoms with Crippen molar-refractivity contribution in [2.75, 3.05) is 0 Å². The molecule has 0 spiro atoms.